The third kappa shape index (κ3) is 4.08. The van der Waals surface area contributed by atoms with Crippen LogP contribution in [0.4, 0.5) is 0 Å². The minimum absolute atomic E-state index is 0.255. The predicted molar refractivity (Wildman–Crippen MR) is 87.1 cm³/mol. The zero-order valence-electron chi connectivity index (χ0n) is 11.7. The van der Waals surface area contributed by atoms with Gasteiger partial charge in [0.1, 0.15) is 0 Å². The number of nitrogens with zero attached hydrogens (tertiary/aromatic N) is 2. The van der Waals surface area contributed by atoms with E-state index in [2.05, 4.69) is 45.5 Å². The van der Waals surface area contributed by atoms with E-state index in [1.54, 1.807) is 0 Å². The second-order valence-corrected chi connectivity index (χ2v) is 6.16. The van der Waals surface area contributed by atoms with Gasteiger partial charge in [0.05, 0.1) is 6.20 Å². The summed E-state index contributed by atoms with van der Waals surface area (Å²) in [6.45, 7) is 3.03. The first-order chi connectivity index (χ1) is 9.60. The number of halogens is 2. The SMILES string of the molecule is CCNC(CCc1cnn(C)c1)c1cc(Br)ccc1Cl. The largest absolute Gasteiger partial charge is 0.310 e. The molecule has 2 rings (SSSR count). The summed E-state index contributed by atoms with van der Waals surface area (Å²) in [5, 5.41) is 8.53. The van der Waals surface area contributed by atoms with Gasteiger partial charge in [0.15, 0.2) is 0 Å². The van der Waals surface area contributed by atoms with E-state index in [1.165, 1.54) is 5.56 Å². The minimum atomic E-state index is 0.255. The van der Waals surface area contributed by atoms with E-state index >= 15 is 0 Å². The quantitative estimate of drug-likeness (QED) is 0.844. The van der Waals surface area contributed by atoms with E-state index in [1.807, 2.05) is 30.1 Å². The summed E-state index contributed by atoms with van der Waals surface area (Å²) in [4.78, 5) is 0. The Morgan fingerprint density at radius 3 is 2.90 bits per heavy atom. The molecule has 5 heteroatoms. The van der Waals surface area contributed by atoms with Gasteiger partial charge in [-0.05, 0) is 48.7 Å². The van der Waals surface area contributed by atoms with Crippen molar-refractivity contribution in [2.75, 3.05) is 6.54 Å². The van der Waals surface area contributed by atoms with Gasteiger partial charge in [-0.25, -0.2) is 0 Å². The molecule has 1 heterocycles. The monoisotopic (exact) mass is 355 g/mol. The van der Waals surface area contributed by atoms with Gasteiger partial charge < -0.3 is 5.32 Å². The lowest BCUT2D eigenvalue weighted by molar-refractivity contribution is 0.515. The van der Waals surface area contributed by atoms with E-state index < -0.39 is 0 Å². The maximum Gasteiger partial charge on any atom is 0.0521 e. The number of hydrogen-bond donors (Lipinski definition) is 1. The number of nitrogens with one attached hydrogen (secondary N) is 1. The van der Waals surface area contributed by atoms with Gasteiger partial charge in [0.25, 0.3) is 0 Å². The van der Waals surface area contributed by atoms with Gasteiger partial charge in [-0.3, -0.25) is 4.68 Å². The average Bonchev–Trinajstić information content (AvgIpc) is 2.83. The van der Waals surface area contributed by atoms with Crippen LogP contribution in [0.2, 0.25) is 5.02 Å². The van der Waals surface area contributed by atoms with E-state index in [9.17, 15) is 0 Å². The Bertz CT molecular complexity index is 568. The number of benzene rings is 1. The first-order valence-corrected chi connectivity index (χ1v) is 7.93. The molecule has 1 atom stereocenters. The zero-order chi connectivity index (χ0) is 14.5. The van der Waals surface area contributed by atoms with Crippen LogP contribution in [0.15, 0.2) is 35.1 Å². The van der Waals surface area contributed by atoms with Crippen molar-refractivity contribution in [3.8, 4) is 0 Å². The van der Waals surface area contributed by atoms with Crippen LogP contribution < -0.4 is 5.32 Å². The van der Waals surface area contributed by atoms with Crippen molar-refractivity contribution in [1.82, 2.24) is 15.1 Å². The lowest BCUT2D eigenvalue weighted by atomic mass is 10.00. The van der Waals surface area contributed by atoms with Crippen LogP contribution in [-0.4, -0.2) is 16.3 Å². The zero-order valence-corrected chi connectivity index (χ0v) is 14.1. The third-order valence-corrected chi connectivity index (χ3v) is 4.10. The summed E-state index contributed by atoms with van der Waals surface area (Å²) in [6.07, 6.45) is 5.96. The third-order valence-electron chi connectivity index (χ3n) is 3.26. The summed E-state index contributed by atoms with van der Waals surface area (Å²) in [5.74, 6) is 0. The van der Waals surface area contributed by atoms with Crippen molar-refractivity contribution in [3.05, 3.63) is 51.2 Å². The number of hydrogen-bond acceptors (Lipinski definition) is 2. The van der Waals surface area contributed by atoms with Crippen molar-refractivity contribution in [2.24, 2.45) is 7.05 Å². The predicted octanol–water partition coefficient (Wildman–Crippen LogP) is 4.12. The van der Waals surface area contributed by atoms with Crippen LogP contribution in [0.25, 0.3) is 0 Å². The van der Waals surface area contributed by atoms with Crippen molar-refractivity contribution < 1.29 is 0 Å². The van der Waals surface area contributed by atoms with E-state index in [0.29, 0.717) is 0 Å². The van der Waals surface area contributed by atoms with Gasteiger partial charge in [-0.1, -0.05) is 34.5 Å². The summed E-state index contributed by atoms with van der Waals surface area (Å²) in [6, 6.07) is 6.26. The van der Waals surface area contributed by atoms with Gasteiger partial charge >= 0.3 is 0 Å². The Morgan fingerprint density at radius 1 is 1.45 bits per heavy atom. The Labute approximate surface area is 133 Å². The van der Waals surface area contributed by atoms with Gasteiger partial charge in [-0.15, -0.1) is 0 Å². The lowest BCUT2D eigenvalue weighted by Gasteiger charge is -2.19. The van der Waals surface area contributed by atoms with Gasteiger partial charge in [-0.2, -0.15) is 5.10 Å². The number of aryl methyl sites for hydroxylation is 2. The lowest BCUT2D eigenvalue weighted by Crippen LogP contribution is -2.21. The van der Waals surface area contributed by atoms with Crippen LogP contribution in [0, 0.1) is 0 Å². The highest BCUT2D eigenvalue weighted by Gasteiger charge is 2.14. The van der Waals surface area contributed by atoms with Crippen molar-refractivity contribution >= 4 is 27.5 Å². The molecule has 1 aromatic carbocycles. The molecule has 0 radical (unpaired) electrons. The standard InChI is InChI=1S/C15H19BrClN3/c1-3-18-15(7-4-11-9-19-20(2)10-11)13-8-12(16)5-6-14(13)17/h5-6,8-10,15,18H,3-4,7H2,1-2H3. The summed E-state index contributed by atoms with van der Waals surface area (Å²) in [7, 11) is 1.94. The van der Waals surface area contributed by atoms with Crippen molar-refractivity contribution in [2.45, 2.75) is 25.8 Å². The molecule has 20 heavy (non-hydrogen) atoms. The van der Waals surface area contributed by atoms with Crippen LogP contribution in [0.5, 0.6) is 0 Å². The second kappa shape index (κ2) is 7.25. The maximum atomic E-state index is 6.34. The second-order valence-electron chi connectivity index (χ2n) is 4.84. The summed E-state index contributed by atoms with van der Waals surface area (Å²) in [5.41, 5.74) is 2.40. The van der Waals surface area contributed by atoms with E-state index in [0.717, 1.165) is 34.4 Å². The Balaban J connectivity index is 2.11. The molecule has 0 amide bonds. The number of rotatable bonds is 6. The van der Waals surface area contributed by atoms with Crippen molar-refractivity contribution in [1.29, 1.82) is 0 Å². The Kier molecular flexibility index (Phi) is 5.64. The highest BCUT2D eigenvalue weighted by molar-refractivity contribution is 9.10. The molecule has 0 saturated carbocycles. The van der Waals surface area contributed by atoms with Gasteiger partial charge in [0, 0.05) is 28.8 Å². The highest BCUT2D eigenvalue weighted by atomic mass is 79.9. The fraction of sp³-hybridized carbons (Fsp3) is 0.400. The fourth-order valence-corrected chi connectivity index (χ4v) is 2.94. The van der Waals surface area contributed by atoms with Crippen LogP contribution in [0.1, 0.15) is 30.5 Å². The topological polar surface area (TPSA) is 29.9 Å². The summed E-state index contributed by atoms with van der Waals surface area (Å²) >= 11 is 9.85. The molecular formula is C15H19BrClN3. The van der Waals surface area contributed by atoms with E-state index in [4.69, 9.17) is 11.6 Å². The van der Waals surface area contributed by atoms with Crippen molar-refractivity contribution in [3.63, 3.8) is 0 Å². The highest BCUT2D eigenvalue weighted by Crippen LogP contribution is 2.29. The summed E-state index contributed by atoms with van der Waals surface area (Å²) < 4.78 is 2.89. The van der Waals surface area contributed by atoms with Gasteiger partial charge in [0.2, 0.25) is 0 Å². The molecular weight excluding hydrogens is 338 g/mol. The van der Waals surface area contributed by atoms with Crippen LogP contribution in [0.3, 0.4) is 0 Å². The molecule has 108 valence electrons. The molecule has 0 aliphatic heterocycles. The molecule has 0 aliphatic carbocycles. The first-order valence-electron chi connectivity index (χ1n) is 6.76. The molecule has 0 aliphatic rings. The maximum absolute atomic E-state index is 6.34. The van der Waals surface area contributed by atoms with Crippen LogP contribution >= 0.6 is 27.5 Å². The minimum Gasteiger partial charge on any atom is -0.310 e. The van der Waals surface area contributed by atoms with E-state index in [-0.39, 0.29) is 6.04 Å². The molecule has 0 spiro atoms. The fourth-order valence-electron chi connectivity index (χ4n) is 2.31. The molecule has 0 fully saturated rings. The molecule has 1 aromatic heterocycles. The van der Waals surface area contributed by atoms with Crippen LogP contribution in [-0.2, 0) is 13.5 Å². The Hall–Kier alpha value is -0.840. The smallest absolute Gasteiger partial charge is 0.0521 e. The first kappa shape index (κ1) is 15.5. The molecule has 1 unspecified atom stereocenters. The molecule has 0 saturated heterocycles. The molecule has 3 nitrogen and oxygen atoms in total. The normalized spacial score (nSPS) is 12.6. The molecule has 2 aromatic rings. The average molecular weight is 357 g/mol. The molecule has 1 N–H and O–H groups in total. The Morgan fingerprint density at radius 2 is 2.25 bits per heavy atom. The number of aromatic nitrogens is 2. The molecule has 0 bridgehead atoms.